The molecule has 4 heteroatoms. The average Bonchev–Trinajstić information content (AvgIpc) is 2.05. The van der Waals surface area contributed by atoms with Crippen LogP contribution in [0.5, 0.6) is 0 Å². The number of nitrogens with zero attached hydrogens (tertiary/aromatic N) is 2. The molecule has 1 radical (unpaired) electrons. The number of aliphatic imine (C=N–C) groups is 1. The summed E-state index contributed by atoms with van der Waals surface area (Å²) >= 11 is 0. The maximum absolute atomic E-state index is 7.06. The van der Waals surface area contributed by atoms with Crippen LogP contribution in [0.3, 0.4) is 0 Å². The van der Waals surface area contributed by atoms with Gasteiger partial charge >= 0.3 is 5.82 Å². The Morgan fingerprint density at radius 3 is 2.91 bits per heavy atom. The lowest BCUT2D eigenvalue weighted by Crippen LogP contribution is -2.12. The molecule has 11 heavy (non-hydrogen) atoms. The summed E-state index contributed by atoms with van der Waals surface area (Å²) in [5.41, 5.74) is 5.62. The van der Waals surface area contributed by atoms with Crippen molar-refractivity contribution < 1.29 is 0 Å². The molecule has 1 aromatic heterocycles. The number of pyridine rings is 1. The van der Waals surface area contributed by atoms with Crippen LogP contribution >= 0.6 is 0 Å². The Morgan fingerprint density at radius 1 is 1.64 bits per heavy atom. The Kier molecular flexibility index (Phi) is 1.96. The van der Waals surface area contributed by atoms with Gasteiger partial charge in [-0.15, -0.1) is 0 Å². The maximum atomic E-state index is 7.06. The number of nitrogens with one attached hydrogen (secondary N) is 1. The van der Waals surface area contributed by atoms with Crippen LogP contribution in [0.1, 0.15) is 5.69 Å². The van der Waals surface area contributed by atoms with Gasteiger partial charge in [0.2, 0.25) is 5.69 Å². The van der Waals surface area contributed by atoms with Crippen LogP contribution in [0.15, 0.2) is 18.2 Å². The van der Waals surface area contributed by atoms with Gasteiger partial charge in [-0.05, 0) is 17.1 Å². The first-order valence-corrected chi connectivity index (χ1v) is 3.02. The standard InChI is InChI=1S/C7H8N4/c1-10-6-4-2-3-5(11-6)7(8)9/h2-4H,1H2,(H3,8,9)/q+1. The Bertz CT molecular complexity index is 292. The van der Waals surface area contributed by atoms with Crippen molar-refractivity contribution in [2.45, 2.75) is 0 Å². The van der Waals surface area contributed by atoms with E-state index in [2.05, 4.69) is 16.7 Å². The molecule has 0 saturated heterocycles. The topological polar surface area (TPSA) is 76.9 Å². The lowest BCUT2D eigenvalue weighted by molar-refractivity contribution is 1.19. The summed E-state index contributed by atoms with van der Waals surface area (Å²) in [6.07, 6.45) is 0. The molecule has 0 saturated carbocycles. The summed E-state index contributed by atoms with van der Waals surface area (Å²) in [7, 11) is 0. The molecule has 0 bridgehead atoms. The summed E-state index contributed by atoms with van der Waals surface area (Å²) < 4.78 is 0. The summed E-state index contributed by atoms with van der Waals surface area (Å²) in [6, 6.07) is 5.07. The zero-order valence-electron chi connectivity index (χ0n) is 5.91. The average molecular weight is 148 g/mol. The minimum Gasteiger partial charge on any atom is -0.380 e. The number of amidine groups is 1. The number of hydrogen-bond acceptors (Lipinski definition) is 3. The second-order valence-electron chi connectivity index (χ2n) is 1.95. The molecule has 55 valence electrons. The van der Waals surface area contributed by atoms with Gasteiger partial charge in [0.25, 0.3) is 0 Å². The molecule has 0 amide bonds. The number of nitrogens with two attached hydrogens (primary N) is 1. The largest absolute Gasteiger partial charge is 0.380 e. The molecule has 0 aromatic carbocycles. The highest BCUT2D eigenvalue weighted by atomic mass is 14.9. The fourth-order valence-electron chi connectivity index (χ4n) is 0.661. The van der Waals surface area contributed by atoms with Crippen molar-refractivity contribution in [2.75, 3.05) is 0 Å². The minimum atomic E-state index is -0.0597. The minimum absolute atomic E-state index is 0.0597. The van der Waals surface area contributed by atoms with E-state index in [0.717, 1.165) is 0 Å². The van der Waals surface area contributed by atoms with Gasteiger partial charge in [-0.1, -0.05) is 4.99 Å². The number of aromatic nitrogens is 1. The molecular weight excluding hydrogens is 140 g/mol. The van der Waals surface area contributed by atoms with Crippen molar-refractivity contribution in [3.05, 3.63) is 23.9 Å². The molecule has 4 nitrogen and oxygen atoms in total. The zero-order chi connectivity index (χ0) is 8.27. The van der Waals surface area contributed by atoms with Gasteiger partial charge in [0, 0.05) is 6.07 Å². The summed E-state index contributed by atoms with van der Waals surface area (Å²) in [4.78, 5) is 7.51. The molecule has 0 aliphatic rings. The molecule has 0 spiro atoms. The molecular formula is C7H8N4+. The Hall–Kier alpha value is -1.71. The van der Waals surface area contributed by atoms with E-state index < -0.39 is 0 Å². The van der Waals surface area contributed by atoms with Crippen molar-refractivity contribution >= 4 is 18.4 Å². The molecule has 0 atom stereocenters. The summed E-state index contributed by atoms with van der Waals surface area (Å²) in [5.74, 6) is 0.424. The Morgan fingerprint density at radius 2 is 2.36 bits per heavy atom. The third-order valence-corrected chi connectivity index (χ3v) is 1.17. The van der Waals surface area contributed by atoms with Crippen molar-refractivity contribution in [3.63, 3.8) is 0 Å². The second kappa shape index (κ2) is 2.92. The van der Waals surface area contributed by atoms with E-state index in [1.165, 1.54) is 0 Å². The van der Waals surface area contributed by atoms with E-state index in [1.54, 1.807) is 18.2 Å². The van der Waals surface area contributed by atoms with Gasteiger partial charge in [0.05, 0.1) is 0 Å². The maximum Gasteiger partial charge on any atom is 0.363 e. The highest BCUT2D eigenvalue weighted by Crippen LogP contribution is 2.00. The zero-order valence-corrected chi connectivity index (χ0v) is 5.91. The van der Waals surface area contributed by atoms with Gasteiger partial charge in [-0.3, -0.25) is 5.41 Å². The van der Waals surface area contributed by atoms with Crippen LogP contribution in [0.2, 0.25) is 0 Å². The lowest BCUT2D eigenvalue weighted by Gasteiger charge is -1.87. The van der Waals surface area contributed by atoms with E-state index in [4.69, 9.17) is 11.1 Å². The number of nitrogen functional groups attached to an aromatic ring is 1. The van der Waals surface area contributed by atoms with Crippen molar-refractivity contribution in [3.8, 4) is 0 Å². The fourth-order valence-corrected chi connectivity index (χ4v) is 0.661. The molecule has 1 heterocycles. The van der Waals surface area contributed by atoms with Crippen molar-refractivity contribution in [2.24, 2.45) is 5.73 Å². The van der Waals surface area contributed by atoms with Gasteiger partial charge in [0.15, 0.2) is 5.84 Å². The van der Waals surface area contributed by atoms with Crippen LogP contribution in [-0.4, -0.2) is 17.5 Å². The summed E-state index contributed by atoms with van der Waals surface area (Å²) in [6.45, 7) is 3.31. The first-order chi connectivity index (χ1) is 5.24. The summed E-state index contributed by atoms with van der Waals surface area (Å²) in [5, 5.41) is 7.06. The van der Waals surface area contributed by atoms with Crippen LogP contribution in [0.4, 0.5) is 5.82 Å². The third kappa shape index (κ3) is 1.61. The van der Waals surface area contributed by atoms with Crippen LogP contribution in [0, 0.1) is 5.41 Å². The molecule has 0 unspecified atom stereocenters. The Balaban J connectivity index is 3.10. The van der Waals surface area contributed by atoms with Crippen molar-refractivity contribution in [1.29, 1.82) is 5.41 Å². The van der Waals surface area contributed by atoms with E-state index in [-0.39, 0.29) is 5.84 Å². The first kappa shape index (κ1) is 7.40. The normalized spacial score (nSPS) is 9.09. The van der Waals surface area contributed by atoms with Crippen LogP contribution < -0.4 is 10.7 Å². The number of rotatable bonds is 2. The van der Waals surface area contributed by atoms with E-state index in [0.29, 0.717) is 11.5 Å². The van der Waals surface area contributed by atoms with E-state index in [9.17, 15) is 0 Å². The monoisotopic (exact) mass is 148 g/mol. The van der Waals surface area contributed by atoms with Gasteiger partial charge in [-0.25, -0.2) is 0 Å². The highest BCUT2D eigenvalue weighted by molar-refractivity contribution is 5.93. The fraction of sp³-hybridized carbons (Fsp3) is 0. The lowest BCUT2D eigenvalue weighted by atomic mass is 10.3. The molecule has 0 aliphatic heterocycles. The third-order valence-electron chi connectivity index (χ3n) is 1.17. The molecule has 0 aliphatic carbocycles. The van der Waals surface area contributed by atoms with E-state index in [1.807, 2.05) is 0 Å². The SMILES string of the molecule is C=[N+]c1cccc(C(=N)N)n1. The molecule has 0 fully saturated rings. The predicted molar refractivity (Wildman–Crippen MR) is 44.2 cm³/mol. The molecule has 3 N–H and O–H groups in total. The molecule has 1 rings (SSSR count). The smallest absolute Gasteiger partial charge is 0.363 e. The van der Waals surface area contributed by atoms with Crippen LogP contribution in [-0.2, 0) is 0 Å². The Labute approximate surface area is 64.3 Å². The highest BCUT2D eigenvalue weighted by Gasteiger charge is 2.07. The van der Waals surface area contributed by atoms with Gasteiger partial charge in [0.1, 0.15) is 6.72 Å². The first-order valence-electron chi connectivity index (χ1n) is 3.02. The predicted octanol–water partition coefficient (Wildman–Crippen LogP) is 0.0336. The quantitative estimate of drug-likeness (QED) is 0.458. The van der Waals surface area contributed by atoms with E-state index >= 15 is 0 Å². The van der Waals surface area contributed by atoms with Gasteiger partial charge in [-0.2, -0.15) is 0 Å². The van der Waals surface area contributed by atoms with Crippen molar-refractivity contribution in [1.82, 2.24) is 9.98 Å². The van der Waals surface area contributed by atoms with Gasteiger partial charge < -0.3 is 5.73 Å². The molecule has 1 aromatic rings. The number of hydrogen-bond donors (Lipinski definition) is 2. The second-order valence-corrected chi connectivity index (χ2v) is 1.95. The van der Waals surface area contributed by atoms with Crippen LogP contribution in [0.25, 0.3) is 0 Å².